The standard InChI is InChI=1S/C30H29N7O3S/c1-19-9-10-22-23(6-2-8-25(22)33-15-21-17-41-18-34-21)27(19)40-28-24(7-3-12-31-28)26-11-13-32-29(36-26)35-20-5-4-14-37(16-20)30(38)39/h2-3,6-13,17-18,20,33H,4-5,14-16H2,1H3,(H,38,39)(H,32,35,36)/t20-/m0/s1. The summed E-state index contributed by atoms with van der Waals surface area (Å²) in [5.74, 6) is 1.60. The molecule has 0 saturated carbocycles. The van der Waals surface area contributed by atoms with E-state index in [0.29, 0.717) is 37.2 Å². The van der Waals surface area contributed by atoms with Crippen molar-refractivity contribution >= 4 is 39.8 Å². The Balaban J connectivity index is 1.27. The van der Waals surface area contributed by atoms with E-state index in [0.717, 1.165) is 51.9 Å². The van der Waals surface area contributed by atoms with Crippen LogP contribution < -0.4 is 15.4 Å². The van der Waals surface area contributed by atoms with E-state index in [1.807, 2.05) is 54.2 Å². The molecule has 3 aromatic heterocycles. The highest BCUT2D eigenvalue weighted by molar-refractivity contribution is 7.07. The summed E-state index contributed by atoms with van der Waals surface area (Å²) in [4.78, 5) is 30.9. The van der Waals surface area contributed by atoms with Crippen LogP contribution in [0.3, 0.4) is 0 Å². The van der Waals surface area contributed by atoms with Gasteiger partial charge in [-0.3, -0.25) is 0 Å². The normalized spacial score (nSPS) is 15.0. The van der Waals surface area contributed by atoms with Crippen molar-refractivity contribution in [2.75, 3.05) is 23.7 Å². The molecule has 0 unspecified atom stereocenters. The van der Waals surface area contributed by atoms with Crippen LogP contribution in [0.25, 0.3) is 22.0 Å². The molecule has 0 bridgehead atoms. The van der Waals surface area contributed by atoms with Crippen molar-refractivity contribution in [3.8, 4) is 22.9 Å². The third-order valence-electron chi connectivity index (χ3n) is 7.08. The molecular formula is C30H29N7O3S. The van der Waals surface area contributed by atoms with Crippen LogP contribution in [0.15, 0.2) is 71.8 Å². The minimum Gasteiger partial charge on any atom is -0.465 e. The third kappa shape index (κ3) is 5.90. The lowest BCUT2D eigenvalue weighted by Gasteiger charge is -2.31. The van der Waals surface area contributed by atoms with Gasteiger partial charge in [0.15, 0.2) is 0 Å². The summed E-state index contributed by atoms with van der Waals surface area (Å²) in [5, 5.41) is 20.2. The Morgan fingerprint density at radius 3 is 2.88 bits per heavy atom. The van der Waals surface area contributed by atoms with Crippen LogP contribution >= 0.6 is 11.3 Å². The molecule has 3 N–H and O–H groups in total. The van der Waals surface area contributed by atoms with Crippen LogP contribution in [0.1, 0.15) is 24.1 Å². The first kappa shape index (κ1) is 26.5. The maximum atomic E-state index is 11.4. The van der Waals surface area contributed by atoms with Gasteiger partial charge in [-0.15, -0.1) is 11.3 Å². The number of aromatic nitrogens is 4. The van der Waals surface area contributed by atoms with E-state index in [1.165, 1.54) is 4.90 Å². The van der Waals surface area contributed by atoms with E-state index in [1.54, 1.807) is 23.7 Å². The number of nitrogens with zero attached hydrogens (tertiary/aromatic N) is 5. The fraction of sp³-hybridized carbons (Fsp3) is 0.233. The number of thiazole rings is 1. The number of ether oxygens (including phenoxy) is 1. The molecule has 0 aliphatic carbocycles. The lowest BCUT2D eigenvalue weighted by atomic mass is 10.0. The fourth-order valence-corrected chi connectivity index (χ4v) is 5.59. The molecule has 0 radical (unpaired) electrons. The molecule has 208 valence electrons. The number of rotatable bonds is 8. The number of hydrogen-bond acceptors (Lipinski definition) is 9. The Bertz CT molecular complexity index is 1680. The van der Waals surface area contributed by atoms with Crippen molar-refractivity contribution < 1.29 is 14.6 Å². The van der Waals surface area contributed by atoms with Crippen molar-refractivity contribution in [1.29, 1.82) is 0 Å². The molecule has 11 heteroatoms. The average Bonchev–Trinajstić information content (AvgIpc) is 3.52. The van der Waals surface area contributed by atoms with Crippen LogP contribution in [-0.2, 0) is 6.54 Å². The van der Waals surface area contributed by atoms with E-state index >= 15 is 0 Å². The van der Waals surface area contributed by atoms with Crippen molar-refractivity contribution in [2.24, 2.45) is 0 Å². The lowest BCUT2D eigenvalue weighted by molar-refractivity contribution is 0.132. The van der Waals surface area contributed by atoms with Crippen LogP contribution in [0.5, 0.6) is 11.6 Å². The number of benzene rings is 2. The third-order valence-corrected chi connectivity index (χ3v) is 7.71. The summed E-state index contributed by atoms with van der Waals surface area (Å²) in [6, 6.07) is 15.8. The highest BCUT2D eigenvalue weighted by atomic mass is 32.1. The topological polar surface area (TPSA) is 125 Å². The second-order valence-corrected chi connectivity index (χ2v) is 10.6. The summed E-state index contributed by atoms with van der Waals surface area (Å²) in [6.45, 7) is 3.59. The monoisotopic (exact) mass is 567 g/mol. The van der Waals surface area contributed by atoms with Gasteiger partial charge in [0, 0.05) is 53.4 Å². The molecule has 1 amide bonds. The predicted octanol–water partition coefficient (Wildman–Crippen LogP) is 6.42. The minimum atomic E-state index is -0.908. The van der Waals surface area contributed by atoms with Crippen molar-refractivity contribution in [3.63, 3.8) is 0 Å². The minimum absolute atomic E-state index is 0.0589. The highest BCUT2D eigenvalue weighted by Gasteiger charge is 2.24. The Morgan fingerprint density at radius 1 is 1.10 bits per heavy atom. The Hall–Kier alpha value is -4.77. The Labute approximate surface area is 241 Å². The van der Waals surface area contributed by atoms with Crippen molar-refractivity contribution in [3.05, 3.63) is 83.1 Å². The zero-order valence-corrected chi connectivity index (χ0v) is 23.3. The number of nitrogens with one attached hydrogen (secondary N) is 2. The molecule has 0 spiro atoms. The van der Waals surface area contributed by atoms with Gasteiger partial charge in [0.25, 0.3) is 0 Å². The summed E-state index contributed by atoms with van der Waals surface area (Å²) >= 11 is 1.58. The molecular weight excluding hydrogens is 538 g/mol. The highest BCUT2D eigenvalue weighted by Crippen LogP contribution is 2.38. The number of carboxylic acid groups (broad SMARTS) is 1. The number of piperidine rings is 1. The molecule has 4 heterocycles. The number of hydrogen-bond donors (Lipinski definition) is 3. The number of likely N-dealkylation sites (tertiary alicyclic amines) is 1. The number of amides is 1. The summed E-state index contributed by atoms with van der Waals surface area (Å²) in [7, 11) is 0. The zero-order chi connectivity index (χ0) is 28.2. The molecule has 1 fully saturated rings. The van der Waals surface area contributed by atoms with Gasteiger partial charge in [-0.1, -0.05) is 24.3 Å². The Morgan fingerprint density at radius 2 is 2.02 bits per heavy atom. The van der Waals surface area contributed by atoms with Crippen LogP contribution in [0.2, 0.25) is 0 Å². The predicted molar refractivity (Wildman–Crippen MR) is 160 cm³/mol. The summed E-state index contributed by atoms with van der Waals surface area (Å²) < 4.78 is 6.54. The van der Waals surface area contributed by atoms with Gasteiger partial charge >= 0.3 is 6.09 Å². The van der Waals surface area contributed by atoms with Gasteiger partial charge in [-0.2, -0.15) is 0 Å². The van der Waals surface area contributed by atoms with Crippen molar-refractivity contribution in [1.82, 2.24) is 24.8 Å². The van der Waals surface area contributed by atoms with Crippen LogP contribution in [0, 0.1) is 6.92 Å². The largest absolute Gasteiger partial charge is 0.465 e. The molecule has 2 aromatic carbocycles. The first-order chi connectivity index (χ1) is 20.0. The van der Waals surface area contributed by atoms with Crippen molar-refractivity contribution in [2.45, 2.75) is 32.4 Å². The number of pyridine rings is 1. The second-order valence-electron chi connectivity index (χ2n) is 9.88. The van der Waals surface area contributed by atoms with Gasteiger partial charge in [0.1, 0.15) is 5.75 Å². The number of fused-ring (bicyclic) bond motifs is 1. The van der Waals surface area contributed by atoms with E-state index < -0.39 is 6.09 Å². The molecule has 5 aromatic rings. The van der Waals surface area contributed by atoms with Gasteiger partial charge in [0.05, 0.1) is 29.0 Å². The van der Waals surface area contributed by atoms with Gasteiger partial charge in [0.2, 0.25) is 11.8 Å². The SMILES string of the molecule is Cc1ccc2c(NCc3cscn3)cccc2c1Oc1ncccc1-c1ccnc(N[C@H]2CCCN(C(=O)O)C2)n1. The molecule has 6 rings (SSSR count). The summed E-state index contributed by atoms with van der Waals surface area (Å²) in [6.07, 6.45) is 4.11. The van der Waals surface area contributed by atoms with Gasteiger partial charge in [-0.05, 0) is 49.6 Å². The summed E-state index contributed by atoms with van der Waals surface area (Å²) in [5.41, 5.74) is 6.19. The van der Waals surface area contributed by atoms with E-state index in [4.69, 9.17) is 9.72 Å². The van der Waals surface area contributed by atoms with E-state index in [2.05, 4.69) is 37.7 Å². The average molecular weight is 568 g/mol. The molecule has 10 nitrogen and oxygen atoms in total. The lowest BCUT2D eigenvalue weighted by Crippen LogP contribution is -2.44. The van der Waals surface area contributed by atoms with Crippen LogP contribution in [0.4, 0.5) is 16.4 Å². The zero-order valence-electron chi connectivity index (χ0n) is 22.4. The van der Waals surface area contributed by atoms with E-state index in [9.17, 15) is 9.90 Å². The first-order valence-electron chi connectivity index (χ1n) is 13.4. The molecule has 1 aliphatic heterocycles. The number of aryl methyl sites for hydroxylation is 1. The number of anilines is 2. The maximum Gasteiger partial charge on any atom is 0.407 e. The molecule has 41 heavy (non-hydrogen) atoms. The maximum absolute atomic E-state index is 11.4. The fourth-order valence-electron chi connectivity index (χ4n) is 5.03. The van der Waals surface area contributed by atoms with Gasteiger partial charge < -0.3 is 25.4 Å². The smallest absolute Gasteiger partial charge is 0.407 e. The first-order valence-corrected chi connectivity index (χ1v) is 14.3. The molecule has 1 saturated heterocycles. The molecule has 1 aliphatic rings. The number of carbonyl (C=O) groups is 1. The quantitative estimate of drug-likeness (QED) is 0.195. The van der Waals surface area contributed by atoms with Crippen LogP contribution in [-0.4, -0.2) is 55.2 Å². The van der Waals surface area contributed by atoms with E-state index in [-0.39, 0.29) is 6.04 Å². The van der Waals surface area contributed by atoms with Gasteiger partial charge in [-0.25, -0.2) is 24.7 Å². The molecule has 1 atom stereocenters. The Kier molecular flexibility index (Phi) is 7.59. The second kappa shape index (κ2) is 11.8.